The molecule has 4 saturated heterocycles. The Kier molecular flexibility index (Phi) is 2.48. The van der Waals surface area contributed by atoms with Gasteiger partial charge in [0.2, 0.25) is 5.79 Å². The van der Waals surface area contributed by atoms with Gasteiger partial charge in [-0.25, -0.2) is 0 Å². The van der Waals surface area contributed by atoms with Gasteiger partial charge in [0.05, 0.1) is 13.2 Å². The summed E-state index contributed by atoms with van der Waals surface area (Å²) in [5, 5.41) is 0. The van der Waals surface area contributed by atoms with E-state index in [1.165, 1.54) is 0 Å². The molecule has 4 aliphatic heterocycles. The molecule has 0 aliphatic carbocycles. The summed E-state index contributed by atoms with van der Waals surface area (Å²) in [5.41, 5.74) is -0.959. The van der Waals surface area contributed by atoms with Crippen molar-refractivity contribution < 1.29 is 28.4 Å². The smallest absolute Gasteiger partial charge is 0.234 e. The minimum Gasteiger partial charge on any atom is -0.348 e. The molecule has 4 fully saturated rings. The predicted molar refractivity (Wildman–Crippen MR) is 71.5 cm³/mol. The lowest BCUT2D eigenvalue weighted by Crippen LogP contribution is -2.70. The Balaban J connectivity index is 1.60. The van der Waals surface area contributed by atoms with E-state index in [-0.39, 0.29) is 12.2 Å². The number of rotatable bonds is 2. The number of epoxide rings is 1. The first-order chi connectivity index (χ1) is 9.54. The summed E-state index contributed by atoms with van der Waals surface area (Å²) in [6, 6.07) is 0. The fourth-order valence-electron chi connectivity index (χ4n) is 4.07. The molecule has 0 bridgehead atoms. The van der Waals surface area contributed by atoms with E-state index in [0.29, 0.717) is 13.2 Å². The molecule has 4 atom stereocenters. The lowest BCUT2D eigenvalue weighted by Gasteiger charge is -2.48. The van der Waals surface area contributed by atoms with Crippen molar-refractivity contribution in [3.8, 4) is 0 Å². The quantitative estimate of drug-likeness (QED) is 0.721. The summed E-state index contributed by atoms with van der Waals surface area (Å²) in [4.78, 5) is 0. The summed E-state index contributed by atoms with van der Waals surface area (Å²) < 4.78 is 35.6. The first-order valence-electron chi connectivity index (χ1n) is 7.58. The van der Waals surface area contributed by atoms with Gasteiger partial charge >= 0.3 is 0 Å². The van der Waals surface area contributed by atoms with Gasteiger partial charge in [-0.2, -0.15) is 0 Å². The van der Waals surface area contributed by atoms with Gasteiger partial charge in [0.15, 0.2) is 17.2 Å². The number of fused-ring (bicyclic) bond motifs is 1. The van der Waals surface area contributed by atoms with E-state index in [1.54, 1.807) is 0 Å². The highest BCUT2D eigenvalue weighted by atomic mass is 16.9. The Bertz CT molecular complexity index is 487. The highest BCUT2D eigenvalue weighted by Crippen LogP contribution is 2.72. The number of hydrogen-bond acceptors (Lipinski definition) is 6. The average molecular weight is 300 g/mol. The maximum Gasteiger partial charge on any atom is 0.234 e. The summed E-state index contributed by atoms with van der Waals surface area (Å²) in [7, 11) is 0. The average Bonchev–Trinajstić information content (AvgIpc) is 2.59. The Morgan fingerprint density at radius 3 is 1.67 bits per heavy atom. The molecule has 0 radical (unpaired) electrons. The Morgan fingerprint density at radius 2 is 1.24 bits per heavy atom. The minimum atomic E-state index is -0.765. The van der Waals surface area contributed by atoms with Crippen LogP contribution in [0, 0.1) is 0 Å². The van der Waals surface area contributed by atoms with Crippen LogP contribution in [0.15, 0.2) is 0 Å². The molecule has 0 aromatic rings. The van der Waals surface area contributed by atoms with Crippen LogP contribution in [-0.4, -0.2) is 54.0 Å². The van der Waals surface area contributed by atoms with Crippen LogP contribution in [0.2, 0.25) is 0 Å². The molecule has 4 heterocycles. The molecule has 0 aromatic carbocycles. The van der Waals surface area contributed by atoms with E-state index in [2.05, 4.69) is 0 Å². The van der Waals surface area contributed by atoms with Gasteiger partial charge in [-0.1, -0.05) is 0 Å². The van der Waals surface area contributed by atoms with Crippen LogP contribution in [0.4, 0.5) is 0 Å². The van der Waals surface area contributed by atoms with Crippen LogP contribution in [0.1, 0.15) is 41.5 Å². The Labute approximate surface area is 125 Å². The largest absolute Gasteiger partial charge is 0.348 e. The Morgan fingerprint density at radius 1 is 0.714 bits per heavy atom. The van der Waals surface area contributed by atoms with E-state index < -0.39 is 28.6 Å². The van der Waals surface area contributed by atoms with Gasteiger partial charge in [-0.15, -0.1) is 0 Å². The monoisotopic (exact) mass is 300 g/mol. The van der Waals surface area contributed by atoms with Gasteiger partial charge in [0.25, 0.3) is 0 Å². The molecular formula is C15H24O6. The molecule has 120 valence electrons. The molecule has 0 amide bonds. The van der Waals surface area contributed by atoms with Crippen molar-refractivity contribution in [2.75, 3.05) is 13.2 Å². The van der Waals surface area contributed by atoms with Crippen molar-refractivity contribution in [1.82, 2.24) is 0 Å². The molecule has 21 heavy (non-hydrogen) atoms. The molecule has 4 aliphatic rings. The Hall–Kier alpha value is -0.240. The second kappa shape index (κ2) is 3.63. The van der Waals surface area contributed by atoms with Crippen LogP contribution in [0.5, 0.6) is 0 Å². The number of hydrogen-bond donors (Lipinski definition) is 0. The van der Waals surface area contributed by atoms with Crippen molar-refractivity contribution in [2.45, 2.75) is 82.3 Å². The predicted octanol–water partition coefficient (Wildman–Crippen LogP) is 1.56. The highest BCUT2D eigenvalue weighted by Gasteiger charge is 2.95. The molecule has 4 rings (SSSR count). The maximum atomic E-state index is 6.14. The first-order valence-corrected chi connectivity index (χ1v) is 7.58. The first kappa shape index (κ1) is 14.4. The summed E-state index contributed by atoms with van der Waals surface area (Å²) in [6.07, 6.45) is -0.406. The van der Waals surface area contributed by atoms with Crippen molar-refractivity contribution in [3.63, 3.8) is 0 Å². The minimum absolute atomic E-state index is 0.163. The zero-order valence-corrected chi connectivity index (χ0v) is 13.5. The van der Waals surface area contributed by atoms with Crippen LogP contribution in [0.3, 0.4) is 0 Å². The van der Waals surface area contributed by atoms with E-state index in [0.717, 1.165) is 0 Å². The third kappa shape index (κ3) is 1.63. The summed E-state index contributed by atoms with van der Waals surface area (Å²) >= 11 is 0. The van der Waals surface area contributed by atoms with Crippen molar-refractivity contribution in [2.24, 2.45) is 0 Å². The maximum absolute atomic E-state index is 6.14. The topological polar surface area (TPSA) is 58.7 Å². The third-order valence-corrected chi connectivity index (χ3v) is 4.98. The molecule has 4 unspecified atom stereocenters. The van der Waals surface area contributed by atoms with E-state index in [1.807, 2.05) is 41.5 Å². The van der Waals surface area contributed by atoms with Crippen molar-refractivity contribution in [1.29, 1.82) is 0 Å². The van der Waals surface area contributed by atoms with Gasteiger partial charge in [-0.05, 0) is 41.5 Å². The molecular weight excluding hydrogens is 276 g/mol. The second-order valence-electron chi connectivity index (χ2n) is 7.75. The molecule has 6 heteroatoms. The standard InChI is InChI=1S/C15H24O6/c1-11(2)14(9-7-16-12(3,4)18-9)15(20-11,21-14)10-8-17-13(5,6)19-10/h9-10H,7-8H2,1-6H3. The van der Waals surface area contributed by atoms with Gasteiger partial charge in [0.1, 0.15) is 17.8 Å². The number of ether oxygens (including phenoxy) is 6. The molecule has 0 saturated carbocycles. The van der Waals surface area contributed by atoms with Crippen molar-refractivity contribution >= 4 is 0 Å². The zero-order valence-electron chi connectivity index (χ0n) is 13.5. The van der Waals surface area contributed by atoms with E-state index >= 15 is 0 Å². The van der Waals surface area contributed by atoms with E-state index in [4.69, 9.17) is 28.4 Å². The summed E-state index contributed by atoms with van der Waals surface area (Å²) in [6.45, 7) is 12.6. The van der Waals surface area contributed by atoms with Gasteiger partial charge < -0.3 is 28.4 Å². The van der Waals surface area contributed by atoms with E-state index in [9.17, 15) is 0 Å². The van der Waals surface area contributed by atoms with Crippen LogP contribution in [-0.2, 0) is 28.4 Å². The SMILES string of the molecule is CC1(C)OCC(C23OC(C)(C)C2(C2COC(C)(C)O2)O3)O1. The van der Waals surface area contributed by atoms with Gasteiger partial charge in [-0.3, -0.25) is 0 Å². The normalized spacial score (nSPS) is 52.3. The second-order valence-corrected chi connectivity index (χ2v) is 7.75. The van der Waals surface area contributed by atoms with Crippen LogP contribution >= 0.6 is 0 Å². The highest BCUT2D eigenvalue weighted by molar-refractivity contribution is 5.34. The van der Waals surface area contributed by atoms with Crippen molar-refractivity contribution in [3.05, 3.63) is 0 Å². The third-order valence-electron chi connectivity index (χ3n) is 4.98. The summed E-state index contributed by atoms with van der Waals surface area (Å²) in [5.74, 6) is -1.96. The lowest BCUT2D eigenvalue weighted by atomic mass is 9.73. The molecule has 0 aromatic heterocycles. The van der Waals surface area contributed by atoms with Crippen LogP contribution < -0.4 is 0 Å². The fourth-order valence-corrected chi connectivity index (χ4v) is 4.07. The fraction of sp³-hybridized carbons (Fsp3) is 1.00. The molecule has 0 N–H and O–H groups in total. The van der Waals surface area contributed by atoms with Gasteiger partial charge in [0, 0.05) is 0 Å². The van der Waals surface area contributed by atoms with Crippen LogP contribution in [0.25, 0.3) is 0 Å². The molecule has 0 spiro atoms. The molecule has 6 nitrogen and oxygen atoms in total. The lowest BCUT2D eigenvalue weighted by molar-refractivity contribution is -0.277. The zero-order chi connectivity index (χ0) is 15.3.